The highest BCUT2D eigenvalue weighted by Gasteiger charge is 2.22. The molecular formula is C28H38N2O3. The summed E-state index contributed by atoms with van der Waals surface area (Å²) in [6.07, 6.45) is 7.53. The van der Waals surface area contributed by atoms with Crippen molar-refractivity contribution < 1.29 is 14.3 Å². The molecule has 0 unspecified atom stereocenters. The van der Waals surface area contributed by atoms with Gasteiger partial charge in [-0.25, -0.2) is 0 Å². The van der Waals surface area contributed by atoms with Gasteiger partial charge in [0.15, 0.2) is 11.5 Å². The van der Waals surface area contributed by atoms with Crippen LogP contribution in [-0.2, 0) is 24.2 Å². The quantitative estimate of drug-likeness (QED) is 0.543. The molecule has 178 valence electrons. The van der Waals surface area contributed by atoms with Gasteiger partial charge in [-0.1, -0.05) is 36.4 Å². The molecule has 0 radical (unpaired) electrons. The van der Waals surface area contributed by atoms with Gasteiger partial charge in [0.25, 0.3) is 0 Å². The lowest BCUT2D eigenvalue weighted by atomic mass is 9.89. The van der Waals surface area contributed by atoms with Gasteiger partial charge in [0.05, 0.1) is 14.2 Å². The average molecular weight is 451 g/mol. The number of amides is 1. The van der Waals surface area contributed by atoms with E-state index < -0.39 is 0 Å². The Morgan fingerprint density at radius 1 is 0.939 bits per heavy atom. The number of likely N-dealkylation sites (tertiary alicyclic amines) is 1. The molecule has 1 aliphatic heterocycles. The number of benzene rings is 2. The normalized spacial score (nSPS) is 17.0. The summed E-state index contributed by atoms with van der Waals surface area (Å²) in [5.41, 5.74) is 3.85. The third-order valence-corrected chi connectivity index (χ3v) is 7.06. The Balaban J connectivity index is 1.19. The summed E-state index contributed by atoms with van der Waals surface area (Å²) in [7, 11) is 3.40. The number of rotatable bonds is 11. The number of para-hydroxylation sites is 1. The van der Waals surface area contributed by atoms with Crippen molar-refractivity contribution in [2.24, 2.45) is 11.8 Å². The molecule has 1 saturated heterocycles. The number of piperidine rings is 1. The Hall–Kier alpha value is -2.53. The maximum absolute atomic E-state index is 12.0. The van der Waals surface area contributed by atoms with Gasteiger partial charge >= 0.3 is 0 Å². The van der Waals surface area contributed by atoms with E-state index in [0.717, 1.165) is 62.4 Å². The van der Waals surface area contributed by atoms with Gasteiger partial charge in [-0.2, -0.15) is 0 Å². The highest BCUT2D eigenvalue weighted by Crippen LogP contribution is 2.32. The first kappa shape index (κ1) is 23.6. The van der Waals surface area contributed by atoms with Gasteiger partial charge in [-0.05, 0) is 80.6 Å². The summed E-state index contributed by atoms with van der Waals surface area (Å²) in [6, 6.07) is 15.0. The SMILES string of the molecule is COc1cccc(CN2CCC(Cc3ccc(CCC(=O)NCC4CC4)cc3)CC2)c1OC. The topological polar surface area (TPSA) is 50.8 Å². The molecule has 1 amide bonds. The average Bonchev–Trinajstić information content (AvgIpc) is 3.68. The van der Waals surface area contributed by atoms with Crippen molar-refractivity contribution in [1.82, 2.24) is 10.2 Å². The molecule has 2 aliphatic rings. The van der Waals surface area contributed by atoms with Crippen LogP contribution in [-0.4, -0.2) is 44.7 Å². The van der Waals surface area contributed by atoms with E-state index in [9.17, 15) is 4.79 Å². The Morgan fingerprint density at radius 2 is 1.67 bits per heavy atom. The van der Waals surface area contributed by atoms with E-state index in [4.69, 9.17) is 9.47 Å². The molecule has 1 saturated carbocycles. The van der Waals surface area contributed by atoms with Crippen LogP contribution in [0.5, 0.6) is 11.5 Å². The van der Waals surface area contributed by atoms with Gasteiger partial charge in [-0.15, -0.1) is 0 Å². The lowest BCUT2D eigenvalue weighted by Gasteiger charge is -2.32. The summed E-state index contributed by atoms with van der Waals surface area (Å²) in [4.78, 5) is 14.5. The van der Waals surface area contributed by atoms with E-state index in [1.54, 1.807) is 14.2 Å². The number of nitrogens with zero attached hydrogens (tertiary/aromatic N) is 1. The van der Waals surface area contributed by atoms with E-state index in [1.807, 2.05) is 12.1 Å². The highest BCUT2D eigenvalue weighted by molar-refractivity contribution is 5.76. The largest absolute Gasteiger partial charge is 0.493 e. The maximum Gasteiger partial charge on any atom is 0.220 e. The standard InChI is InChI=1S/C28H38N2O3/c1-32-26-5-3-4-25(28(26)33-2)20-30-16-14-23(15-17-30)18-22-8-6-21(7-9-22)12-13-27(31)29-19-24-10-11-24/h3-9,23-24H,10-20H2,1-2H3,(H,29,31). The van der Waals surface area contributed by atoms with Gasteiger partial charge in [0, 0.05) is 25.1 Å². The lowest BCUT2D eigenvalue weighted by Crippen LogP contribution is -2.34. The first-order valence-electron chi connectivity index (χ1n) is 12.4. The third kappa shape index (κ3) is 6.97. The zero-order valence-corrected chi connectivity index (χ0v) is 20.1. The van der Waals surface area contributed by atoms with Gasteiger partial charge in [-0.3, -0.25) is 9.69 Å². The second kappa shape index (κ2) is 11.6. The molecule has 33 heavy (non-hydrogen) atoms. The summed E-state index contributed by atoms with van der Waals surface area (Å²) in [5, 5.41) is 3.06. The molecule has 0 bridgehead atoms. The summed E-state index contributed by atoms with van der Waals surface area (Å²) in [6.45, 7) is 3.98. The first-order chi connectivity index (χ1) is 16.1. The van der Waals surface area contributed by atoms with E-state index in [-0.39, 0.29) is 5.91 Å². The van der Waals surface area contributed by atoms with Crippen LogP contribution in [0.1, 0.15) is 48.8 Å². The highest BCUT2D eigenvalue weighted by atomic mass is 16.5. The number of nitrogens with one attached hydrogen (secondary N) is 1. The molecular weight excluding hydrogens is 412 g/mol. The van der Waals surface area contributed by atoms with Gasteiger partial charge < -0.3 is 14.8 Å². The van der Waals surface area contributed by atoms with Crippen LogP contribution in [0.15, 0.2) is 42.5 Å². The molecule has 2 aromatic carbocycles. The summed E-state index contributed by atoms with van der Waals surface area (Å²) in [5.74, 6) is 3.30. The first-order valence-corrected chi connectivity index (χ1v) is 12.4. The van der Waals surface area contributed by atoms with Crippen molar-refractivity contribution in [1.29, 1.82) is 0 Å². The zero-order valence-electron chi connectivity index (χ0n) is 20.1. The van der Waals surface area contributed by atoms with Crippen LogP contribution in [0.3, 0.4) is 0 Å². The fourth-order valence-electron chi connectivity index (χ4n) is 4.77. The molecule has 5 heteroatoms. The predicted octanol–water partition coefficient (Wildman–Crippen LogP) is 4.62. The van der Waals surface area contributed by atoms with Crippen LogP contribution >= 0.6 is 0 Å². The second-order valence-electron chi connectivity index (χ2n) is 9.64. The van der Waals surface area contributed by atoms with E-state index in [1.165, 1.54) is 42.4 Å². The Labute approximate surface area is 198 Å². The zero-order chi connectivity index (χ0) is 23.0. The fraction of sp³-hybridized carbons (Fsp3) is 0.536. The summed E-state index contributed by atoms with van der Waals surface area (Å²) < 4.78 is 11.0. The van der Waals surface area contributed by atoms with Crippen molar-refractivity contribution in [2.75, 3.05) is 33.9 Å². The Morgan fingerprint density at radius 3 is 2.33 bits per heavy atom. The molecule has 1 N–H and O–H groups in total. The smallest absolute Gasteiger partial charge is 0.220 e. The minimum atomic E-state index is 0.185. The maximum atomic E-state index is 12.0. The van der Waals surface area contributed by atoms with Crippen LogP contribution in [0.2, 0.25) is 0 Å². The molecule has 0 spiro atoms. The number of hydrogen-bond acceptors (Lipinski definition) is 4. The Kier molecular flexibility index (Phi) is 8.27. The Bertz CT molecular complexity index is 900. The third-order valence-electron chi connectivity index (χ3n) is 7.06. The van der Waals surface area contributed by atoms with Crippen LogP contribution in [0.4, 0.5) is 0 Å². The van der Waals surface area contributed by atoms with Crippen molar-refractivity contribution in [2.45, 2.75) is 51.5 Å². The molecule has 1 heterocycles. The van der Waals surface area contributed by atoms with Crippen molar-refractivity contribution in [3.63, 3.8) is 0 Å². The molecule has 4 rings (SSSR count). The predicted molar refractivity (Wildman–Crippen MR) is 132 cm³/mol. The van der Waals surface area contributed by atoms with E-state index >= 15 is 0 Å². The lowest BCUT2D eigenvalue weighted by molar-refractivity contribution is -0.121. The van der Waals surface area contributed by atoms with Crippen molar-refractivity contribution in [3.05, 3.63) is 59.2 Å². The molecule has 0 aromatic heterocycles. The monoisotopic (exact) mass is 450 g/mol. The van der Waals surface area contributed by atoms with Gasteiger partial charge in [0.1, 0.15) is 0 Å². The van der Waals surface area contributed by atoms with Crippen LogP contribution in [0, 0.1) is 11.8 Å². The minimum absolute atomic E-state index is 0.185. The second-order valence-corrected chi connectivity index (χ2v) is 9.64. The van der Waals surface area contributed by atoms with E-state index in [2.05, 4.69) is 40.5 Å². The van der Waals surface area contributed by atoms with Crippen molar-refractivity contribution >= 4 is 5.91 Å². The van der Waals surface area contributed by atoms with E-state index in [0.29, 0.717) is 6.42 Å². The van der Waals surface area contributed by atoms with Crippen LogP contribution in [0.25, 0.3) is 0 Å². The fourth-order valence-corrected chi connectivity index (χ4v) is 4.77. The number of carbonyl (C=O) groups excluding carboxylic acids is 1. The number of ether oxygens (including phenoxy) is 2. The molecule has 5 nitrogen and oxygen atoms in total. The number of carbonyl (C=O) groups is 1. The minimum Gasteiger partial charge on any atom is -0.493 e. The molecule has 0 atom stereocenters. The molecule has 2 fully saturated rings. The number of aryl methyl sites for hydroxylation is 1. The molecule has 1 aliphatic carbocycles. The molecule has 2 aromatic rings. The number of methoxy groups -OCH3 is 2. The van der Waals surface area contributed by atoms with Crippen molar-refractivity contribution in [3.8, 4) is 11.5 Å². The number of hydrogen-bond donors (Lipinski definition) is 1. The summed E-state index contributed by atoms with van der Waals surface area (Å²) >= 11 is 0. The van der Waals surface area contributed by atoms with Crippen LogP contribution < -0.4 is 14.8 Å². The van der Waals surface area contributed by atoms with Gasteiger partial charge in [0.2, 0.25) is 5.91 Å².